The highest BCUT2D eigenvalue weighted by Gasteiger charge is 2.06. The van der Waals surface area contributed by atoms with Gasteiger partial charge in [0.25, 0.3) is 0 Å². The molecule has 3 N–H and O–H groups in total. The molecule has 0 aliphatic rings. The van der Waals surface area contributed by atoms with Crippen LogP contribution < -0.4 is 10.5 Å². The molecule has 0 bridgehead atoms. The maximum atomic E-state index is 13.3. The predicted molar refractivity (Wildman–Crippen MR) is 75.9 cm³/mol. The fraction of sp³-hybridized carbons (Fsp3) is 0.0714. The van der Waals surface area contributed by atoms with Crippen molar-refractivity contribution >= 4 is 21.8 Å². The molecule has 0 amide bonds. The van der Waals surface area contributed by atoms with Gasteiger partial charge in [0.1, 0.15) is 24.0 Å². The summed E-state index contributed by atoms with van der Waals surface area (Å²) >= 11 is 3.08. The quantitative estimate of drug-likeness (QED) is 0.669. The third-order valence-corrected chi connectivity index (χ3v) is 3.24. The molecule has 0 atom stereocenters. The van der Waals surface area contributed by atoms with Crippen molar-refractivity contribution in [1.82, 2.24) is 0 Å². The highest BCUT2D eigenvalue weighted by molar-refractivity contribution is 9.10. The fourth-order valence-electron chi connectivity index (χ4n) is 1.64. The van der Waals surface area contributed by atoms with E-state index in [0.717, 1.165) is 5.56 Å². The molecule has 98 valence electrons. The average molecular weight is 323 g/mol. The summed E-state index contributed by atoms with van der Waals surface area (Å²) in [5, 5.41) is 7.48. The fourth-order valence-corrected chi connectivity index (χ4v) is 1.88. The Morgan fingerprint density at radius 1 is 1.26 bits per heavy atom. The molecule has 0 aliphatic carbocycles. The van der Waals surface area contributed by atoms with Gasteiger partial charge in [0.2, 0.25) is 0 Å². The zero-order valence-corrected chi connectivity index (χ0v) is 11.6. The van der Waals surface area contributed by atoms with Crippen molar-refractivity contribution in [1.29, 1.82) is 5.41 Å². The number of hydrogen-bond acceptors (Lipinski definition) is 2. The molecule has 0 saturated heterocycles. The Morgan fingerprint density at radius 3 is 2.68 bits per heavy atom. The first-order valence-electron chi connectivity index (χ1n) is 5.58. The highest BCUT2D eigenvalue weighted by atomic mass is 79.9. The minimum atomic E-state index is -0.377. The zero-order chi connectivity index (χ0) is 13.8. The molecule has 3 nitrogen and oxygen atoms in total. The molecule has 0 aliphatic heterocycles. The normalized spacial score (nSPS) is 10.2. The van der Waals surface area contributed by atoms with E-state index < -0.39 is 0 Å². The van der Waals surface area contributed by atoms with Crippen molar-refractivity contribution in [2.24, 2.45) is 5.73 Å². The van der Waals surface area contributed by atoms with Crippen LogP contribution in [0.3, 0.4) is 0 Å². The van der Waals surface area contributed by atoms with Crippen LogP contribution in [0.5, 0.6) is 5.75 Å². The van der Waals surface area contributed by atoms with E-state index in [1.807, 2.05) is 12.1 Å². The van der Waals surface area contributed by atoms with Crippen LogP contribution in [0, 0.1) is 11.2 Å². The SMILES string of the molecule is N=C(N)c1ccccc1COc1ccc(Br)c(F)c1. The Hall–Kier alpha value is -1.88. The minimum Gasteiger partial charge on any atom is -0.489 e. The predicted octanol–water partition coefficient (Wildman–Crippen LogP) is 3.45. The van der Waals surface area contributed by atoms with Gasteiger partial charge in [-0.15, -0.1) is 0 Å². The Balaban J connectivity index is 2.14. The smallest absolute Gasteiger partial charge is 0.141 e. The second-order valence-corrected chi connectivity index (χ2v) is 4.79. The summed E-state index contributed by atoms with van der Waals surface area (Å²) in [4.78, 5) is 0. The van der Waals surface area contributed by atoms with Crippen molar-refractivity contribution in [2.45, 2.75) is 6.61 Å². The first kappa shape index (κ1) is 13.5. The molecule has 0 spiro atoms. The average Bonchev–Trinajstić information content (AvgIpc) is 2.40. The Kier molecular flexibility index (Phi) is 4.16. The van der Waals surface area contributed by atoms with Gasteiger partial charge in [0.05, 0.1) is 4.47 Å². The van der Waals surface area contributed by atoms with Crippen LogP contribution in [0.25, 0.3) is 0 Å². The van der Waals surface area contributed by atoms with Gasteiger partial charge in [-0.1, -0.05) is 24.3 Å². The molecular formula is C14H12BrFN2O. The first-order chi connectivity index (χ1) is 9.08. The molecule has 2 rings (SSSR count). The molecule has 0 radical (unpaired) electrons. The van der Waals surface area contributed by atoms with Gasteiger partial charge in [-0.3, -0.25) is 5.41 Å². The molecule has 0 heterocycles. The van der Waals surface area contributed by atoms with Crippen molar-refractivity contribution < 1.29 is 9.13 Å². The molecule has 0 unspecified atom stereocenters. The summed E-state index contributed by atoms with van der Waals surface area (Å²) in [6.07, 6.45) is 0. The molecule has 0 saturated carbocycles. The van der Waals surface area contributed by atoms with Gasteiger partial charge in [-0.05, 0) is 28.1 Å². The lowest BCUT2D eigenvalue weighted by Crippen LogP contribution is -2.14. The molecule has 0 fully saturated rings. The van der Waals surface area contributed by atoms with Crippen molar-refractivity contribution in [3.63, 3.8) is 0 Å². The van der Waals surface area contributed by atoms with Crippen molar-refractivity contribution in [2.75, 3.05) is 0 Å². The number of nitrogens with two attached hydrogens (primary N) is 1. The van der Waals surface area contributed by atoms with Gasteiger partial charge in [0, 0.05) is 17.2 Å². The summed E-state index contributed by atoms with van der Waals surface area (Å²) in [5.41, 5.74) is 6.90. The molecule has 0 aromatic heterocycles. The van der Waals surface area contributed by atoms with E-state index in [4.69, 9.17) is 15.9 Å². The first-order valence-corrected chi connectivity index (χ1v) is 6.37. The van der Waals surface area contributed by atoms with E-state index in [9.17, 15) is 4.39 Å². The summed E-state index contributed by atoms with van der Waals surface area (Å²) < 4.78 is 19.2. The van der Waals surface area contributed by atoms with E-state index in [1.165, 1.54) is 6.07 Å². The number of rotatable bonds is 4. The standard InChI is InChI=1S/C14H12BrFN2O/c15-12-6-5-10(7-13(12)16)19-8-9-3-1-2-4-11(9)14(17)18/h1-7H,8H2,(H3,17,18). The van der Waals surface area contributed by atoms with Crippen LogP contribution in [0.15, 0.2) is 46.9 Å². The lowest BCUT2D eigenvalue weighted by atomic mass is 10.1. The Labute approximate surface area is 118 Å². The van der Waals surface area contributed by atoms with E-state index in [1.54, 1.807) is 24.3 Å². The van der Waals surface area contributed by atoms with E-state index in [0.29, 0.717) is 15.8 Å². The second kappa shape index (κ2) is 5.84. The van der Waals surface area contributed by atoms with Gasteiger partial charge in [0.15, 0.2) is 0 Å². The zero-order valence-electron chi connectivity index (χ0n) is 9.99. The third kappa shape index (κ3) is 3.32. The second-order valence-electron chi connectivity index (χ2n) is 3.94. The molecule has 19 heavy (non-hydrogen) atoms. The number of amidine groups is 1. The van der Waals surface area contributed by atoms with Crippen LogP contribution in [0.2, 0.25) is 0 Å². The number of benzene rings is 2. The van der Waals surface area contributed by atoms with E-state index >= 15 is 0 Å². The third-order valence-electron chi connectivity index (χ3n) is 2.59. The van der Waals surface area contributed by atoms with Gasteiger partial charge >= 0.3 is 0 Å². The molecule has 2 aromatic rings. The van der Waals surface area contributed by atoms with Gasteiger partial charge in [-0.25, -0.2) is 4.39 Å². The van der Waals surface area contributed by atoms with Gasteiger partial charge in [-0.2, -0.15) is 0 Å². The van der Waals surface area contributed by atoms with Crippen LogP contribution in [0.1, 0.15) is 11.1 Å². The van der Waals surface area contributed by atoms with E-state index in [2.05, 4.69) is 15.9 Å². The summed E-state index contributed by atoms with van der Waals surface area (Å²) in [6.45, 7) is 0.233. The molecule has 5 heteroatoms. The summed E-state index contributed by atoms with van der Waals surface area (Å²) in [7, 11) is 0. The van der Waals surface area contributed by atoms with Crippen LogP contribution in [0.4, 0.5) is 4.39 Å². The number of nitrogens with one attached hydrogen (secondary N) is 1. The van der Waals surface area contributed by atoms with Crippen LogP contribution in [-0.4, -0.2) is 5.84 Å². The van der Waals surface area contributed by atoms with Crippen LogP contribution >= 0.6 is 15.9 Å². The number of hydrogen-bond donors (Lipinski definition) is 2. The van der Waals surface area contributed by atoms with Crippen molar-refractivity contribution in [3.05, 3.63) is 63.9 Å². The van der Waals surface area contributed by atoms with E-state index in [-0.39, 0.29) is 18.3 Å². The maximum absolute atomic E-state index is 13.3. The lowest BCUT2D eigenvalue weighted by Gasteiger charge is -2.10. The minimum absolute atomic E-state index is 0.0128. The number of nitrogen functional groups attached to an aromatic ring is 1. The monoisotopic (exact) mass is 322 g/mol. The summed E-state index contributed by atoms with van der Waals surface area (Å²) in [6, 6.07) is 11.8. The maximum Gasteiger partial charge on any atom is 0.141 e. The number of halogens is 2. The Bertz CT molecular complexity index is 616. The summed E-state index contributed by atoms with van der Waals surface area (Å²) in [5.74, 6) is 0.0394. The largest absolute Gasteiger partial charge is 0.489 e. The highest BCUT2D eigenvalue weighted by Crippen LogP contribution is 2.22. The number of ether oxygens (including phenoxy) is 1. The molecular weight excluding hydrogens is 311 g/mol. The van der Waals surface area contributed by atoms with Gasteiger partial charge < -0.3 is 10.5 Å². The topological polar surface area (TPSA) is 59.1 Å². The van der Waals surface area contributed by atoms with Crippen LogP contribution in [-0.2, 0) is 6.61 Å². The molecule has 2 aromatic carbocycles. The van der Waals surface area contributed by atoms with Crippen molar-refractivity contribution in [3.8, 4) is 5.75 Å². The lowest BCUT2D eigenvalue weighted by molar-refractivity contribution is 0.304. The Morgan fingerprint density at radius 2 is 2.00 bits per heavy atom.